The van der Waals surface area contributed by atoms with Gasteiger partial charge < -0.3 is 9.64 Å². The van der Waals surface area contributed by atoms with Crippen molar-refractivity contribution >= 4 is 5.91 Å². The number of benzene rings is 2. The Morgan fingerprint density at radius 3 is 2.44 bits per heavy atom. The average molecular weight is 481 g/mol. The van der Waals surface area contributed by atoms with Crippen LogP contribution >= 0.6 is 0 Å². The molecule has 34 heavy (non-hydrogen) atoms. The van der Waals surface area contributed by atoms with Crippen molar-refractivity contribution < 1.29 is 27.1 Å². The van der Waals surface area contributed by atoms with Gasteiger partial charge in [-0.05, 0) is 41.3 Å². The summed E-state index contributed by atoms with van der Waals surface area (Å²) in [6, 6.07) is 11.7. The summed E-state index contributed by atoms with van der Waals surface area (Å²) in [7, 11) is 1.59. The molecular formula is C26H32F4N2O2. The first-order valence-electron chi connectivity index (χ1n) is 11.5. The molecule has 0 radical (unpaired) electrons. The molecule has 1 saturated heterocycles. The zero-order valence-electron chi connectivity index (χ0n) is 19.8. The zero-order chi connectivity index (χ0) is 24.9. The Morgan fingerprint density at radius 1 is 1.15 bits per heavy atom. The van der Waals surface area contributed by atoms with Crippen LogP contribution in [0.2, 0.25) is 0 Å². The standard InChI is InChI=1S/C26H32F4N2O2/c1-18(2)25(33)32(11-12-34-3)16-21-15-31(17-24(21)20-5-4-6-23(27)13-20)14-19-7-9-22(10-8-19)26(28,29)30/h4-10,13,18,21,24H,11-12,14-17H2,1-3H3/t21-,24+/m1/s1. The minimum atomic E-state index is -4.37. The molecule has 1 heterocycles. The van der Waals surface area contributed by atoms with E-state index in [2.05, 4.69) is 4.90 Å². The summed E-state index contributed by atoms with van der Waals surface area (Å²) in [5.41, 5.74) is 0.971. The van der Waals surface area contributed by atoms with Gasteiger partial charge in [-0.1, -0.05) is 38.1 Å². The van der Waals surface area contributed by atoms with Gasteiger partial charge in [0.25, 0.3) is 0 Å². The van der Waals surface area contributed by atoms with Crippen LogP contribution in [0, 0.1) is 17.7 Å². The van der Waals surface area contributed by atoms with E-state index in [1.807, 2.05) is 24.8 Å². The second-order valence-electron chi connectivity index (χ2n) is 9.24. The zero-order valence-corrected chi connectivity index (χ0v) is 19.8. The van der Waals surface area contributed by atoms with E-state index in [-0.39, 0.29) is 29.5 Å². The number of ether oxygens (including phenoxy) is 1. The van der Waals surface area contributed by atoms with Gasteiger partial charge in [0.05, 0.1) is 12.2 Å². The number of carbonyl (C=O) groups is 1. The topological polar surface area (TPSA) is 32.8 Å². The van der Waals surface area contributed by atoms with Crippen LogP contribution in [-0.2, 0) is 22.3 Å². The normalized spacial score (nSPS) is 19.1. The van der Waals surface area contributed by atoms with Crippen molar-refractivity contribution in [2.24, 2.45) is 11.8 Å². The molecule has 1 amide bonds. The summed E-state index contributed by atoms with van der Waals surface area (Å²) >= 11 is 0. The lowest BCUT2D eigenvalue weighted by atomic mass is 9.88. The van der Waals surface area contributed by atoms with E-state index < -0.39 is 11.7 Å². The van der Waals surface area contributed by atoms with Crippen LogP contribution < -0.4 is 0 Å². The molecule has 0 N–H and O–H groups in total. The predicted octanol–water partition coefficient (Wildman–Crippen LogP) is 5.19. The number of amides is 1. The monoisotopic (exact) mass is 480 g/mol. The molecule has 2 aromatic carbocycles. The van der Waals surface area contributed by atoms with E-state index in [1.165, 1.54) is 24.3 Å². The SMILES string of the molecule is COCCN(C[C@H]1CN(Cc2ccc(C(F)(F)F)cc2)C[C@H]1c1cccc(F)c1)C(=O)C(C)C. The van der Waals surface area contributed by atoms with Crippen molar-refractivity contribution in [1.29, 1.82) is 0 Å². The summed E-state index contributed by atoms with van der Waals surface area (Å²) in [5.74, 6) is -0.386. The van der Waals surface area contributed by atoms with Gasteiger partial charge in [-0.15, -0.1) is 0 Å². The first-order chi connectivity index (χ1) is 16.1. The van der Waals surface area contributed by atoms with E-state index in [0.717, 1.165) is 23.3 Å². The number of methoxy groups -OCH3 is 1. The van der Waals surface area contributed by atoms with E-state index in [0.29, 0.717) is 39.3 Å². The minimum Gasteiger partial charge on any atom is -0.383 e. The Morgan fingerprint density at radius 2 is 1.85 bits per heavy atom. The third kappa shape index (κ3) is 6.79. The third-order valence-electron chi connectivity index (χ3n) is 6.31. The summed E-state index contributed by atoms with van der Waals surface area (Å²) in [4.78, 5) is 16.8. The molecule has 0 unspecified atom stereocenters. The molecule has 0 bridgehead atoms. The van der Waals surface area contributed by atoms with Crippen molar-refractivity contribution in [3.63, 3.8) is 0 Å². The quantitative estimate of drug-likeness (QED) is 0.463. The average Bonchev–Trinajstić information content (AvgIpc) is 3.18. The van der Waals surface area contributed by atoms with Crippen LogP contribution in [0.1, 0.15) is 36.5 Å². The second-order valence-corrected chi connectivity index (χ2v) is 9.24. The molecule has 2 aromatic rings. The van der Waals surface area contributed by atoms with Crippen LogP contribution in [0.3, 0.4) is 0 Å². The Bertz CT molecular complexity index is 947. The van der Waals surface area contributed by atoms with Gasteiger partial charge in [-0.25, -0.2) is 4.39 Å². The molecule has 0 saturated carbocycles. The summed E-state index contributed by atoms with van der Waals surface area (Å²) in [6.07, 6.45) is -4.37. The highest BCUT2D eigenvalue weighted by molar-refractivity contribution is 5.78. The fourth-order valence-electron chi connectivity index (χ4n) is 4.59. The highest BCUT2D eigenvalue weighted by Crippen LogP contribution is 2.35. The van der Waals surface area contributed by atoms with Crippen molar-refractivity contribution in [2.75, 3.05) is 39.9 Å². The molecule has 8 heteroatoms. The number of carbonyl (C=O) groups excluding carboxylic acids is 1. The van der Waals surface area contributed by atoms with Gasteiger partial charge in [0.1, 0.15) is 5.82 Å². The molecule has 2 atom stereocenters. The number of halogens is 4. The summed E-state index contributed by atoms with van der Waals surface area (Å²) < 4.78 is 57.9. The van der Waals surface area contributed by atoms with Gasteiger partial charge in [0.2, 0.25) is 5.91 Å². The van der Waals surface area contributed by atoms with Crippen molar-refractivity contribution in [1.82, 2.24) is 9.80 Å². The lowest BCUT2D eigenvalue weighted by molar-refractivity contribution is -0.137. The van der Waals surface area contributed by atoms with Crippen LogP contribution in [0.5, 0.6) is 0 Å². The van der Waals surface area contributed by atoms with Gasteiger partial charge in [-0.3, -0.25) is 9.69 Å². The maximum atomic E-state index is 14.0. The fourth-order valence-corrected chi connectivity index (χ4v) is 4.59. The summed E-state index contributed by atoms with van der Waals surface area (Å²) in [6.45, 7) is 6.88. The first kappa shape index (κ1) is 26.2. The molecule has 1 fully saturated rings. The molecule has 0 spiro atoms. The van der Waals surface area contributed by atoms with Crippen LogP contribution in [0.25, 0.3) is 0 Å². The van der Waals surface area contributed by atoms with E-state index in [9.17, 15) is 22.4 Å². The van der Waals surface area contributed by atoms with E-state index in [1.54, 1.807) is 13.2 Å². The second kappa shape index (κ2) is 11.3. The van der Waals surface area contributed by atoms with Crippen molar-refractivity contribution in [3.05, 3.63) is 71.0 Å². The summed E-state index contributed by atoms with van der Waals surface area (Å²) in [5, 5.41) is 0. The molecule has 0 aromatic heterocycles. The Hall–Kier alpha value is -2.45. The van der Waals surface area contributed by atoms with E-state index in [4.69, 9.17) is 4.74 Å². The lowest BCUT2D eigenvalue weighted by Crippen LogP contribution is -2.41. The highest BCUT2D eigenvalue weighted by atomic mass is 19.4. The Balaban J connectivity index is 1.80. The minimum absolute atomic E-state index is 0.00449. The van der Waals surface area contributed by atoms with Crippen molar-refractivity contribution in [2.45, 2.75) is 32.5 Å². The number of hydrogen-bond donors (Lipinski definition) is 0. The number of hydrogen-bond acceptors (Lipinski definition) is 3. The molecule has 0 aliphatic carbocycles. The number of rotatable bonds is 9. The first-order valence-corrected chi connectivity index (χ1v) is 11.5. The van der Waals surface area contributed by atoms with Crippen LogP contribution in [0.15, 0.2) is 48.5 Å². The largest absolute Gasteiger partial charge is 0.416 e. The molecule has 1 aliphatic heterocycles. The van der Waals surface area contributed by atoms with Crippen LogP contribution in [0.4, 0.5) is 17.6 Å². The van der Waals surface area contributed by atoms with Gasteiger partial charge in [0.15, 0.2) is 0 Å². The number of likely N-dealkylation sites (tertiary alicyclic amines) is 1. The lowest BCUT2D eigenvalue weighted by Gasteiger charge is -2.29. The van der Waals surface area contributed by atoms with Crippen LogP contribution in [-0.4, -0.2) is 55.6 Å². The van der Waals surface area contributed by atoms with Gasteiger partial charge >= 0.3 is 6.18 Å². The smallest absolute Gasteiger partial charge is 0.383 e. The van der Waals surface area contributed by atoms with Gasteiger partial charge in [0, 0.05) is 51.7 Å². The predicted molar refractivity (Wildman–Crippen MR) is 123 cm³/mol. The fraction of sp³-hybridized carbons (Fsp3) is 0.500. The number of alkyl halides is 3. The van der Waals surface area contributed by atoms with Crippen molar-refractivity contribution in [3.8, 4) is 0 Å². The molecule has 1 aliphatic rings. The Labute approximate surface area is 198 Å². The molecule has 3 rings (SSSR count). The maximum Gasteiger partial charge on any atom is 0.416 e. The number of nitrogens with zero attached hydrogens (tertiary/aromatic N) is 2. The molecule has 186 valence electrons. The third-order valence-corrected chi connectivity index (χ3v) is 6.31. The highest BCUT2D eigenvalue weighted by Gasteiger charge is 2.36. The maximum absolute atomic E-state index is 14.0. The molecule has 4 nitrogen and oxygen atoms in total. The van der Waals surface area contributed by atoms with Gasteiger partial charge in [-0.2, -0.15) is 13.2 Å². The Kier molecular flexibility index (Phi) is 8.71. The van der Waals surface area contributed by atoms with E-state index >= 15 is 0 Å². The molecular weight excluding hydrogens is 448 g/mol.